The zero-order chi connectivity index (χ0) is 10.7. The maximum absolute atomic E-state index is 11.4. The minimum Gasteiger partial charge on any atom is -0.480 e. The van der Waals surface area contributed by atoms with E-state index in [2.05, 4.69) is 0 Å². The highest BCUT2D eigenvalue weighted by Gasteiger charge is 2.62. The summed E-state index contributed by atoms with van der Waals surface area (Å²) in [4.78, 5) is 23.8. The largest absolute Gasteiger partial charge is 0.480 e. The van der Waals surface area contributed by atoms with Crippen LogP contribution in [0.4, 0.5) is 0 Å². The quantitative estimate of drug-likeness (QED) is 0.575. The highest BCUT2D eigenvalue weighted by Crippen LogP contribution is 2.50. The van der Waals surface area contributed by atoms with Crippen molar-refractivity contribution < 1.29 is 14.7 Å². The first-order valence-electron chi connectivity index (χ1n) is 4.34. The van der Waals surface area contributed by atoms with Crippen molar-refractivity contribution in [2.45, 2.75) is 36.1 Å². The number of nitrogens with zero attached hydrogens (tertiary/aromatic N) is 1. The molecule has 6 heteroatoms. The second-order valence-electron chi connectivity index (χ2n) is 4.12. The van der Waals surface area contributed by atoms with Gasteiger partial charge in [0.2, 0.25) is 5.91 Å². The average molecular weight is 216 g/mol. The molecule has 2 fully saturated rings. The summed E-state index contributed by atoms with van der Waals surface area (Å²) in [5, 5.41) is 8.87. The van der Waals surface area contributed by atoms with E-state index >= 15 is 0 Å². The van der Waals surface area contributed by atoms with Crippen molar-refractivity contribution in [3.05, 3.63) is 0 Å². The molecule has 2 rings (SSSR count). The van der Waals surface area contributed by atoms with E-state index in [0.717, 1.165) is 0 Å². The Kier molecular flexibility index (Phi) is 1.84. The number of nitrogens with two attached hydrogens (primary N) is 1. The third kappa shape index (κ3) is 1.01. The van der Waals surface area contributed by atoms with Gasteiger partial charge in [-0.05, 0) is 13.8 Å². The second-order valence-corrected chi connectivity index (χ2v) is 5.89. The molecule has 0 spiro atoms. The fraction of sp³-hybridized carbons (Fsp3) is 0.750. The fourth-order valence-electron chi connectivity index (χ4n) is 2.04. The van der Waals surface area contributed by atoms with E-state index in [1.54, 1.807) is 0 Å². The van der Waals surface area contributed by atoms with Crippen molar-refractivity contribution >= 4 is 23.6 Å². The summed E-state index contributed by atoms with van der Waals surface area (Å²) in [6.45, 7) is 3.66. The predicted octanol–water partition coefficient (Wildman–Crippen LogP) is -0.539. The average Bonchev–Trinajstić information content (AvgIpc) is 2.34. The molecule has 78 valence electrons. The van der Waals surface area contributed by atoms with Crippen LogP contribution in [0, 0.1) is 0 Å². The van der Waals surface area contributed by atoms with Gasteiger partial charge in [0, 0.05) is 4.75 Å². The number of hydrogen-bond acceptors (Lipinski definition) is 4. The van der Waals surface area contributed by atoms with E-state index in [1.807, 2.05) is 13.8 Å². The number of aliphatic carboxylic acids is 1. The van der Waals surface area contributed by atoms with Crippen LogP contribution in [-0.2, 0) is 9.59 Å². The number of thioether (sulfide) groups is 1. The summed E-state index contributed by atoms with van der Waals surface area (Å²) in [6.07, 6.45) is 0. The molecule has 0 bridgehead atoms. The molecule has 5 nitrogen and oxygen atoms in total. The Morgan fingerprint density at radius 1 is 1.64 bits per heavy atom. The first kappa shape index (κ1) is 9.79. The lowest BCUT2D eigenvalue weighted by Crippen LogP contribution is -2.68. The van der Waals surface area contributed by atoms with Gasteiger partial charge in [-0.2, -0.15) is 0 Å². The molecule has 2 heterocycles. The lowest BCUT2D eigenvalue weighted by molar-refractivity contribution is -0.159. The Balaban J connectivity index is 2.32. The number of carboxylic acid groups (broad SMARTS) is 1. The number of β-lactam (4-membered cyclic amide) rings is 1. The van der Waals surface area contributed by atoms with Crippen LogP contribution >= 0.6 is 11.8 Å². The Morgan fingerprint density at radius 3 is 2.71 bits per heavy atom. The van der Waals surface area contributed by atoms with E-state index in [1.165, 1.54) is 16.7 Å². The molecule has 3 atom stereocenters. The van der Waals surface area contributed by atoms with Gasteiger partial charge in [0.15, 0.2) is 0 Å². The number of rotatable bonds is 1. The number of carbonyl (C=O) groups excluding carboxylic acids is 1. The molecule has 0 aromatic carbocycles. The van der Waals surface area contributed by atoms with Crippen LogP contribution < -0.4 is 5.73 Å². The number of carbonyl (C=O) groups is 2. The normalized spacial score (nSPS) is 39.2. The maximum atomic E-state index is 11.4. The van der Waals surface area contributed by atoms with Crippen molar-refractivity contribution in [1.29, 1.82) is 0 Å². The molecule has 2 aliphatic rings. The van der Waals surface area contributed by atoms with Crippen LogP contribution in [0.1, 0.15) is 13.8 Å². The monoisotopic (exact) mass is 216 g/mol. The van der Waals surface area contributed by atoms with Crippen LogP contribution in [-0.4, -0.2) is 44.1 Å². The predicted molar refractivity (Wildman–Crippen MR) is 51.7 cm³/mol. The topological polar surface area (TPSA) is 83.6 Å². The molecule has 2 aliphatic heterocycles. The van der Waals surface area contributed by atoms with E-state index in [9.17, 15) is 9.59 Å². The lowest BCUT2D eigenvalue weighted by atomic mass is 9.96. The lowest BCUT2D eigenvalue weighted by Gasteiger charge is -2.41. The van der Waals surface area contributed by atoms with Gasteiger partial charge < -0.3 is 15.7 Å². The Bertz CT molecular complexity index is 318. The molecule has 0 aliphatic carbocycles. The summed E-state index contributed by atoms with van der Waals surface area (Å²) in [7, 11) is 0. The highest BCUT2D eigenvalue weighted by atomic mass is 32.2. The van der Waals surface area contributed by atoms with Gasteiger partial charge in [0.05, 0.1) is 0 Å². The van der Waals surface area contributed by atoms with Crippen molar-refractivity contribution in [2.75, 3.05) is 0 Å². The SMILES string of the molecule is CC1(C)SC2[C@H](N)C(=O)N2[C@H]1C(=O)O. The first-order chi connectivity index (χ1) is 6.36. The molecular weight excluding hydrogens is 204 g/mol. The van der Waals surface area contributed by atoms with Crippen LogP contribution in [0.25, 0.3) is 0 Å². The first-order valence-corrected chi connectivity index (χ1v) is 5.22. The summed E-state index contributed by atoms with van der Waals surface area (Å²) in [5.41, 5.74) is 5.59. The Hall–Kier alpha value is -0.750. The van der Waals surface area contributed by atoms with Gasteiger partial charge in [-0.15, -0.1) is 11.8 Å². The van der Waals surface area contributed by atoms with Crippen LogP contribution in [0.3, 0.4) is 0 Å². The molecule has 1 unspecified atom stereocenters. The summed E-state index contributed by atoms with van der Waals surface area (Å²) in [5.74, 6) is -1.20. The third-order valence-electron chi connectivity index (χ3n) is 2.72. The van der Waals surface area contributed by atoms with Gasteiger partial charge in [0.1, 0.15) is 17.5 Å². The van der Waals surface area contributed by atoms with Crippen molar-refractivity contribution in [3.8, 4) is 0 Å². The maximum Gasteiger partial charge on any atom is 0.327 e. The highest BCUT2D eigenvalue weighted by molar-refractivity contribution is 8.01. The standard InChI is InChI=1S/C8H12N2O3S/c1-8(2)4(7(12)13)10-5(11)3(9)6(10)14-8/h3-4,6H,9H2,1-2H3,(H,12,13)/t3-,4+,6?/m1/s1. The van der Waals surface area contributed by atoms with Crippen molar-refractivity contribution in [1.82, 2.24) is 4.90 Å². The fourth-order valence-corrected chi connectivity index (χ4v) is 3.61. The molecular formula is C8H12N2O3S. The van der Waals surface area contributed by atoms with E-state index in [0.29, 0.717) is 0 Å². The number of fused-ring (bicyclic) bond motifs is 1. The minimum atomic E-state index is -0.953. The summed E-state index contributed by atoms with van der Waals surface area (Å²) < 4.78 is -0.458. The molecule has 0 aromatic rings. The Morgan fingerprint density at radius 2 is 2.21 bits per heavy atom. The van der Waals surface area contributed by atoms with E-state index in [4.69, 9.17) is 10.8 Å². The van der Waals surface area contributed by atoms with Gasteiger partial charge >= 0.3 is 5.97 Å². The molecule has 3 N–H and O–H groups in total. The van der Waals surface area contributed by atoms with Gasteiger partial charge in [-0.25, -0.2) is 4.79 Å². The van der Waals surface area contributed by atoms with Gasteiger partial charge in [-0.3, -0.25) is 4.79 Å². The molecule has 0 radical (unpaired) electrons. The molecule has 0 saturated carbocycles. The Labute approximate surface area is 85.6 Å². The molecule has 14 heavy (non-hydrogen) atoms. The summed E-state index contributed by atoms with van der Waals surface area (Å²) >= 11 is 1.47. The molecule has 2 saturated heterocycles. The number of carboxylic acids is 1. The van der Waals surface area contributed by atoms with Gasteiger partial charge in [0.25, 0.3) is 0 Å². The van der Waals surface area contributed by atoms with Crippen LogP contribution in [0.2, 0.25) is 0 Å². The zero-order valence-electron chi connectivity index (χ0n) is 7.93. The third-order valence-corrected chi connectivity index (χ3v) is 4.31. The van der Waals surface area contributed by atoms with Gasteiger partial charge in [-0.1, -0.05) is 0 Å². The summed E-state index contributed by atoms with van der Waals surface area (Å²) in [6, 6.07) is -1.27. The smallest absolute Gasteiger partial charge is 0.327 e. The molecule has 0 aromatic heterocycles. The minimum absolute atomic E-state index is 0.154. The van der Waals surface area contributed by atoms with Crippen molar-refractivity contribution in [3.63, 3.8) is 0 Å². The van der Waals surface area contributed by atoms with E-state index < -0.39 is 22.8 Å². The van der Waals surface area contributed by atoms with Crippen molar-refractivity contribution in [2.24, 2.45) is 5.73 Å². The van der Waals surface area contributed by atoms with Crippen LogP contribution in [0.5, 0.6) is 0 Å². The second kappa shape index (κ2) is 2.64. The van der Waals surface area contributed by atoms with Crippen LogP contribution in [0.15, 0.2) is 0 Å². The number of hydrogen-bond donors (Lipinski definition) is 2. The van der Waals surface area contributed by atoms with E-state index in [-0.39, 0.29) is 11.3 Å². The zero-order valence-corrected chi connectivity index (χ0v) is 8.75. The number of amides is 1. The molecule has 1 amide bonds.